The van der Waals surface area contributed by atoms with Crippen LogP contribution in [0.3, 0.4) is 0 Å². The van der Waals surface area contributed by atoms with Crippen LogP contribution in [0.2, 0.25) is 0 Å². The van der Waals surface area contributed by atoms with Crippen molar-refractivity contribution < 1.29 is 9.84 Å². The summed E-state index contributed by atoms with van der Waals surface area (Å²) >= 11 is 1.71. The zero-order valence-corrected chi connectivity index (χ0v) is 12.5. The van der Waals surface area contributed by atoms with Crippen LogP contribution in [-0.4, -0.2) is 24.4 Å². The highest BCUT2D eigenvalue weighted by Crippen LogP contribution is 2.14. The minimum Gasteiger partial charge on any atom is -0.491 e. The molecule has 0 fully saturated rings. The number of aryl methyl sites for hydroxylation is 1. The van der Waals surface area contributed by atoms with E-state index in [4.69, 9.17) is 4.74 Å². The normalized spacial score (nSPS) is 12.3. The maximum absolute atomic E-state index is 9.88. The first kappa shape index (κ1) is 15.0. The van der Waals surface area contributed by atoms with Gasteiger partial charge in [0.25, 0.3) is 0 Å². The van der Waals surface area contributed by atoms with Gasteiger partial charge in [0.15, 0.2) is 0 Å². The number of benzene rings is 1. The Bertz CT molecular complexity index is 499. The quantitative estimate of drug-likeness (QED) is 0.786. The van der Waals surface area contributed by atoms with Gasteiger partial charge in [0.05, 0.1) is 0 Å². The van der Waals surface area contributed by atoms with Crippen LogP contribution in [0, 0.1) is 0 Å². The van der Waals surface area contributed by atoms with Gasteiger partial charge >= 0.3 is 0 Å². The van der Waals surface area contributed by atoms with Gasteiger partial charge in [0.2, 0.25) is 0 Å². The van der Waals surface area contributed by atoms with Crippen LogP contribution >= 0.6 is 11.3 Å². The summed E-state index contributed by atoms with van der Waals surface area (Å²) in [6.07, 6.45) is 0.488. The second-order valence-electron chi connectivity index (χ2n) is 4.68. The van der Waals surface area contributed by atoms with Crippen LogP contribution in [0.4, 0.5) is 0 Å². The fraction of sp³-hybridized carbons (Fsp3) is 0.375. The molecule has 0 saturated heterocycles. The average molecular weight is 291 g/mol. The number of nitrogens with one attached hydrogen (secondary N) is 1. The maximum Gasteiger partial charge on any atom is 0.119 e. The fourth-order valence-electron chi connectivity index (χ4n) is 1.88. The number of hydrogen-bond donors (Lipinski definition) is 2. The van der Waals surface area contributed by atoms with Crippen LogP contribution in [0.15, 0.2) is 41.8 Å². The van der Waals surface area contributed by atoms with Crippen LogP contribution in [0.1, 0.15) is 17.4 Å². The van der Waals surface area contributed by atoms with E-state index in [1.807, 2.05) is 24.3 Å². The number of thiophene rings is 1. The Labute approximate surface area is 124 Å². The van der Waals surface area contributed by atoms with Crippen molar-refractivity contribution in [1.29, 1.82) is 0 Å². The van der Waals surface area contributed by atoms with Crippen LogP contribution < -0.4 is 10.1 Å². The maximum atomic E-state index is 9.88. The van der Waals surface area contributed by atoms with Crippen LogP contribution in [0.5, 0.6) is 5.75 Å². The van der Waals surface area contributed by atoms with Crippen molar-refractivity contribution in [3.05, 3.63) is 52.2 Å². The molecule has 1 heterocycles. The Morgan fingerprint density at radius 3 is 2.95 bits per heavy atom. The van der Waals surface area contributed by atoms with Crippen molar-refractivity contribution in [2.24, 2.45) is 0 Å². The van der Waals surface area contributed by atoms with Crippen molar-refractivity contribution in [2.45, 2.75) is 26.0 Å². The number of rotatable bonds is 8. The summed E-state index contributed by atoms with van der Waals surface area (Å²) in [5.74, 6) is 0.821. The zero-order chi connectivity index (χ0) is 14.2. The highest BCUT2D eigenvalue weighted by atomic mass is 32.1. The number of aliphatic hydroxyl groups is 1. The second kappa shape index (κ2) is 8.04. The van der Waals surface area contributed by atoms with E-state index in [9.17, 15) is 5.11 Å². The molecule has 1 aromatic heterocycles. The lowest BCUT2D eigenvalue weighted by atomic mass is 10.2. The molecule has 108 valence electrons. The van der Waals surface area contributed by atoms with Gasteiger partial charge in [0, 0.05) is 18.0 Å². The first-order valence-electron chi connectivity index (χ1n) is 6.91. The van der Waals surface area contributed by atoms with Gasteiger partial charge in [-0.25, -0.2) is 0 Å². The van der Waals surface area contributed by atoms with Gasteiger partial charge in [-0.3, -0.25) is 0 Å². The molecule has 0 bridgehead atoms. The van der Waals surface area contributed by atoms with Gasteiger partial charge in [-0.05, 0) is 35.6 Å². The average Bonchev–Trinajstić information content (AvgIpc) is 2.98. The molecule has 0 spiro atoms. The molecular formula is C16H21NO2S. The lowest BCUT2D eigenvalue weighted by molar-refractivity contribution is 0.106. The van der Waals surface area contributed by atoms with E-state index in [0.717, 1.165) is 18.7 Å². The Hall–Kier alpha value is -1.36. The monoisotopic (exact) mass is 291 g/mol. The molecule has 20 heavy (non-hydrogen) atoms. The van der Waals surface area contributed by atoms with E-state index in [1.165, 1.54) is 10.4 Å². The Balaban J connectivity index is 1.67. The second-order valence-corrected chi connectivity index (χ2v) is 5.71. The lowest BCUT2D eigenvalue weighted by Gasteiger charge is -2.13. The fourth-order valence-corrected chi connectivity index (χ4v) is 2.56. The predicted molar refractivity (Wildman–Crippen MR) is 83.3 cm³/mol. The first-order valence-corrected chi connectivity index (χ1v) is 7.79. The summed E-state index contributed by atoms with van der Waals surface area (Å²) in [5.41, 5.74) is 1.24. The highest BCUT2D eigenvalue weighted by molar-refractivity contribution is 7.09. The largest absolute Gasteiger partial charge is 0.491 e. The summed E-state index contributed by atoms with van der Waals surface area (Å²) in [4.78, 5) is 1.27. The lowest BCUT2D eigenvalue weighted by Crippen LogP contribution is -2.30. The molecule has 0 amide bonds. The van der Waals surface area contributed by atoms with Gasteiger partial charge in [-0.15, -0.1) is 11.3 Å². The third-order valence-corrected chi connectivity index (χ3v) is 3.88. The van der Waals surface area contributed by atoms with Gasteiger partial charge in [-0.1, -0.05) is 25.1 Å². The molecule has 0 radical (unpaired) electrons. The summed E-state index contributed by atoms with van der Waals surface area (Å²) in [5, 5.41) is 15.2. The minimum absolute atomic E-state index is 0.310. The molecule has 2 aromatic rings. The number of aliphatic hydroxyl groups excluding tert-OH is 1. The van der Waals surface area contributed by atoms with E-state index in [-0.39, 0.29) is 0 Å². The Morgan fingerprint density at radius 1 is 1.30 bits per heavy atom. The Morgan fingerprint density at radius 2 is 2.20 bits per heavy atom. The molecule has 2 N–H and O–H groups in total. The topological polar surface area (TPSA) is 41.5 Å². The molecule has 1 aromatic carbocycles. The molecular weight excluding hydrogens is 270 g/mol. The summed E-state index contributed by atoms with van der Waals surface area (Å²) < 4.78 is 5.61. The first-order chi connectivity index (χ1) is 9.78. The molecule has 1 atom stereocenters. The molecule has 0 saturated carbocycles. The third-order valence-electron chi connectivity index (χ3n) is 3.01. The van der Waals surface area contributed by atoms with Gasteiger partial charge in [0.1, 0.15) is 18.5 Å². The van der Waals surface area contributed by atoms with E-state index < -0.39 is 6.10 Å². The van der Waals surface area contributed by atoms with Crippen molar-refractivity contribution in [3.63, 3.8) is 0 Å². The SMILES string of the molecule is CCc1cccc(OCC(O)CNCc2cccs2)c1. The van der Waals surface area contributed by atoms with E-state index >= 15 is 0 Å². The smallest absolute Gasteiger partial charge is 0.119 e. The standard InChI is InChI=1S/C16H21NO2S/c1-2-13-5-3-6-15(9-13)19-12-14(18)10-17-11-16-7-4-8-20-16/h3-9,14,17-18H,2,10-12H2,1H3. The molecule has 1 unspecified atom stereocenters. The van der Waals surface area contributed by atoms with Crippen molar-refractivity contribution >= 4 is 11.3 Å². The van der Waals surface area contributed by atoms with Crippen molar-refractivity contribution in [2.75, 3.05) is 13.2 Å². The van der Waals surface area contributed by atoms with Gasteiger partial charge in [-0.2, -0.15) is 0 Å². The van der Waals surface area contributed by atoms with Crippen LogP contribution in [0.25, 0.3) is 0 Å². The summed E-state index contributed by atoms with van der Waals surface area (Å²) in [6.45, 7) is 3.75. The molecule has 0 aliphatic carbocycles. The van der Waals surface area contributed by atoms with E-state index in [2.05, 4.69) is 29.8 Å². The number of ether oxygens (including phenoxy) is 1. The van der Waals surface area contributed by atoms with Crippen molar-refractivity contribution in [3.8, 4) is 5.75 Å². The summed E-state index contributed by atoms with van der Waals surface area (Å²) in [6, 6.07) is 12.1. The molecule has 4 heteroatoms. The molecule has 0 aliphatic heterocycles. The Kier molecular flexibility index (Phi) is 6.05. The van der Waals surface area contributed by atoms with Crippen LogP contribution in [-0.2, 0) is 13.0 Å². The van der Waals surface area contributed by atoms with Gasteiger partial charge < -0.3 is 15.2 Å². The number of hydrogen-bond acceptors (Lipinski definition) is 4. The molecule has 2 rings (SSSR count). The van der Waals surface area contributed by atoms with E-state index in [0.29, 0.717) is 13.2 Å². The highest BCUT2D eigenvalue weighted by Gasteiger charge is 2.05. The molecule has 0 aliphatic rings. The third kappa shape index (κ3) is 4.96. The predicted octanol–water partition coefficient (Wildman–Crippen LogP) is 2.84. The van der Waals surface area contributed by atoms with E-state index in [1.54, 1.807) is 11.3 Å². The minimum atomic E-state index is -0.500. The van der Waals surface area contributed by atoms with Crippen molar-refractivity contribution in [1.82, 2.24) is 5.32 Å². The molecule has 3 nitrogen and oxygen atoms in total. The zero-order valence-electron chi connectivity index (χ0n) is 11.7. The summed E-state index contributed by atoms with van der Waals surface area (Å²) in [7, 11) is 0.